The van der Waals surface area contributed by atoms with Gasteiger partial charge in [0, 0.05) is 58.9 Å². The molecule has 0 radical (unpaired) electrons. The summed E-state index contributed by atoms with van der Waals surface area (Å²) < 4.78 is 6.98. The van der Waals surface area contributed by atoms with Gasteiger partial charge in [0.1, 0.15) is 5.69 Å². The highest BCUT2D eigenvalue weighted by atomic mass is 16.5. The molecule has 0 spiro atoms. The first kappa shape index (κ1) is 16.7. The number of aromatic nitrogens is 2. The molecule has 6 nitrogen and oxygen atoms in total. The van der Waals surface area contributed by atoms with Gasteiger partial charge in [0.25, 0.3) is 5.91 Å². The van der Waals surface area contributed by atoms with Crippen LogP contribution >= 0.6 is 0 Å². The summed E-state index contributed by atoms with van der Waals surface area (Å²) >= 11 is 0. The zero-order chi connectivity index (χ0) is 16.9. The van der Waals surface area contributed by atoms with Crippen LogP contribution in [0.1, 0.15) is 27.2 Å². The Morgan fingerprint density at radius 1 is 1.42 bits per heavy atom. The second kappa shape index (κ2) is 7.59. The van der Waals surface area contributed by atoms with E-state index >= 15 is 0 Å². The summed E-state index contributed by atoms with van der Waals surface area (Å²) in [6.07, 6.45) is 6.66. The number of nitrogens with one attached hydrogen (secondary N) is 1. The lowest BCUT2D eigenvalue weighted by molar-refractivity contribution is 0.0942. The van der Waals surface area contributed by atoms with Gasteiger partial charge in [-0.2, -0.15) is 0 Å². The third-order valence-corrected chi connectivity index (χ3v) is 4.54. The third kappa shape index (κ3) is 3.66. The van der Waals surface area contributed by atoms with Crippen molar-refractivity contribution in [2.75, 3.05) is 26.8 Å². The molecule has 24 heavy (non-hydrogen) atoms. The van der Waals surface area contributed by atoms with E-state index in [0.29, 0.717) is 12.2 Å². The predicted molar refractivity (Wildman–Crippen MR) is 91.7 cm³/mol. The van der Waals surface area contributed by atoms with E-state index < -0.39 is 0 Å². The van der Waals surface area contributed by atoms with Gasteiger partial charge in [-0.3, -0.25) is 14.7 Å². The lowest BCUT2D eigenvalue weighted by Gasteiger charge is -2.29. The van der Waals surface area contributed by atoms with Crippen LogP contribution in [0.15, 0.2) is 30.7 Å². The van der Waals surface area contributed by atoms with E-state index in [0.717, 1.165) is 38.2 Å². The summed E-state index contributed by atoms with van der Waals surface area (Å²) in [6.45, 7) is 4.10. The second-order valence-electron chi connectivity index (χ2n) is 6.14. The summed E-state index contributed by atoms with van der Waals surface area (Å²) in [5.74, 6) is -0.0577. The molecule has 3 heterocycles. The molecule has 6 heteroatoms. The molecule has 2 aromatic rings. The van der Waals surface area contributed by atoms with Crippen molar-refractivity contribution in [3.05, 3.63) is 53.1 Å². The maximum atomic E-state index is 12.3. The van der Waals surface area contributed by atoms with Crippen LogP contribution in [0.3, 0.4) is 0 Å². The number of hydrogen-bond donors (Lipinski definition) is 1. The molecular weight excluding hydrogens is 304 g/mol. The molecule has 1 aliphatic heterocycles. The Labute approximate surface area is 142 Å². The standard InChI is InChI=1S/C18H24N4O2/c1-21-6-3-4-17(21)18(23)20-12-14-10-19-11-15-13-22(8-9-24-2)7-5-16(14)15/h3-4,6,10-11H,5,7-9,12-13H2,1-2H3,(H,20,23). The van der Waals surface area contributed by atoms with Crippen molar-refractivity contribution in [1.82, 2.24) is 19.8 Å². The molecule has 128 valence electrons. The first-order valence-corrected chi connectivity index (χ1v) is 8.24. The molecule has 1 amide bonds. The number of hydrogen-bond acceptors (Lipinski definition) is 4. The van der Waals surface area contributed by atoms with E-state index in [2.05, 4.69) is 15.2 Å². The second-order valence-corrected chi connectivity index (χ2v) is 6.14. The number of amides is 1. The molecule has 0 atom stereocenters. The average Bonchev–Trinajstić information content (AvgIpc) is 3.03. The largest absolute Gasteiger partial charge is 0.383 e. The summed E-state index contributed by atoms with van der Waals surface area (Å²) in [5.41, 5.74) is 4.36. The molecule has 0 aliphatic carbocycles. The maximum absolute atomic E-state index is 12.3. The highest BCUT2D eigenvalue weighted by Crippen LogP contribution is 2.21. The number of carbonyl (C=O) groups is 1. The number of pyridine rings is 1. The SMILES string of the molecule is COCCN1CCc2c(CNC(=O)c3cccn3C)cncc2C1. The fraction of sp³-hybridized carbons (Fsp3) is 0.444. The van der Waals surface area contributed by atoms with Crippen LogP contribution in [0.5, 0.6) is 0 Å². The number of ether oxygens (including phenoxy) is 1. The van der Waals surface area contributed by atoms with E-state index in [4.69, 9.17) is 4.74 Å². The monoisotopic (exact) mass is 328 g/mol. The van der Waals surface area contributed by atoms with Crippen molar-refractivity contribution in [3.63, 3.8) is 0 Å². The van der Waals surface area contributed by atoms with Crippen LogP contribution in [-0.4, -0.2) is 47.2 Å². The third-order valence-electron chi connectivity index (χ3n) is 4.54. The van der Waals surface area contributed by atoms with Gasteiger partial charge in [-0.1, -0.05) is 0 Å². The molecule has 0 aromatic carbocycles. The van der Waals surface area contributed by atoms with Crippen LogP contribution in [-0.2, 0) is 31.3 Å². The summed E-state index contributed by atoms with van der Waals surface area (Å²) in [4.78, 5) is 19.0. The number of aryl methyl sites for hydroxylation is 1. The number of nitrogens with zero attached hydrogens (tertiary/aromatic N) is 3. The molecule has 3 rings (SSSR count). The molecule has 1 aliphatic rings. The van der Waals surface area contributed by atoms with Gasteiger partial charge in [0.05, 0.1) is 6.61 Å². The van der Waals surface area contributed by atoms with Crippen LogP contribution in [0, 0.1) is 0 Å². The predicted octanol–water partition coefficient (Wildman–Crippen LogP) is 1.35. The number of rotatable bonds is 6. The van der Waals surface area contributed by atoms with Gasteiger partial charge in [-0.05, 0) is 35.2 Å². The minimum Gasteiger partial charge on any atom is -0.383 e. The summed E-state index contributed by atoms with van der Waals surface area (Å²) in [5, 5.41) is 3.00. The minimum absolute atomic E-state index is 0.0577. The molecular formula is C18H24N4O2. The van der Waals surface area contributed by atoms with Crippen LogP contribution < -0.4 is 5.32 Å². The fourth-order valence-electron chi connectivity index (χ4n) is 3.15. The lowest BCUT2D eigenvalue weighted by atomic mass is 9.97. The van der Waals surface area contributed by atoms with Crippen molar-refractivity contribution < 1.29 is 9.53 Å². The Morgan fingerprint density at radius 2 is 2.29 bits per heavy atom. The van der Waals surface area contributed by atoms with Gasteiger partial charge < -0.3 is 14.6 Å². The van der Waals surface area contributed by atoms with Gasteiger partial charge in [0.2, 0.25) is 0 Å². The lowest BCUT2D eigenvalue weighted by Crippen LogP contribution is -2.34. The summed E-state index contributed by atoms with van der Waals surface area (Å²) in [6, 6.07) is 3.69. The van der Waals surface area contributed by atoms with E-state index in [1.807, 2.05) is 42.3 Å². The zero-order valence-electron chi connectivity index (χ0n) is 14.3. The van der Waals surface area contributed by atoms with E-state index in [-0.39, 0.29) is 5.91 Å². The highest BCUT2D eigenvalue weighted by Gasteiger charge is 2.19. The molecule has 0 bridgehead atoms. The van der Waals surface area contributed by atoms with Crippen molar-refractivity contribution >= 4 is 5.91 Å². The van der Waals surface area contributed by atoms with Gasteiger partial charge in [-0.25, -0.2) is 0 Å². The Morgan fingerprint density at radius 3 is 3.04 bits per heavy atom. The zero-order valence-corrected chi connectivity index (χ0v) is 14.3. The maximum Gasteiger partial charge on any atom is 0.268 e. The van der Waals surface area contributed by atoms with Crippen LogP contribution in [0.4, 0.5) is 0 Å². The first-order chi connectivity index (χ1) is 11.7. The highest BCUT2D eigenvalue weighted by molar-refractivity contribution is 5.92. The normalized spacial score (nSPS) is 14.4. The molecule has 2 aromatic heterocycles. The Hall–Kier alpha value is -2.18. The van der Waals surface area contributed by atoms with Gasteiger partial charge in [-0.15, -0.1) is 0 Å². The summed E-state index contributed by atoms with van der Waals surface area (Å²) in [7, 11) is 3.60. The van der Waals surface area contributed by atoms with Crippen LogP contribution in [0.2, 0.25) is 0 Å². The molecule has 0 saturated heterocycles. The smallest absolute Gasteiger partial charge is 0.268 e. The van der Waals surface area contributed by atoms with Crippen molar-refractivity contribution in [3.8, 4) is 0 Å². The fourth-order valence-corrected chi connectivity index (χ4v) is 3.15. The number of fused-ring (bicyclic) bond motifs is 1. The Bertz CT molecular complexity index is 711. The van der Waals surface area contributed by atoms with Crippen molar-refractivity contribution in [2.45, 2.75) is 19.5 Å². The number of methoxy groups -OCH3 is 1. The van der Waals surface area contributed by atoms with Crippen LogP contribution in [0.25, 0.3) is 0 Å². The average molecular weight is 328 g/mol. The van der Waals surface area contributed by atoms with Gasteiger partial charge >= 0.3 is 0 Å². The quantitative estimate of drug-likeness (QED) is 0.870. The molecule has 0 fully saturated rings. The molecule has 1 N–H and O–H groups in total. The minimum atomic E-state index is -0.0577. The van der Waals surface area contributed by atoms with E-state index in [1.54, 1.807) is 7.11 Å². The van der Waals surface area contributed by atoms with Crippen molar-refractivity contribution in [1.29, 1.82) is 0 Å². The van der Waals surface area contributed by atoms with Gasteiger partial charge in [0.15, 0.2) is 0 Å². The number of carbonyl (C=O) groups excluding carboxylic acids is 1. The Balaban J connectivity index is 1.66. The van der Waals surface area contributed by atoms with E-state index in [1.165, 1.54) is 11.1 Å². The van der Waals surface area contributed by atoms with Crippen molar-refractivity contribution in [2.24, 2.45) is 7.05 Å². The Kier molecular flexibility index (Phi) is 5.27. The van der Waals surface area contributed by atoms with E-state index in [9.17, 15) is 4.79 Å². The topological polar surface area (TPSA) is 59.4 Å². The first-order valence-electron chi connectivity index (χ1n) is 8.24. The molecule has 0 saturated carbocycles. The molecule has 0 unspecified atom stereocenters.